The van der Waals surface area contributed by atoms with Crippen molar-refractivity contribution in [2.24, 2.45) is 0 Å². The molecule has 0 saturated heterocycles. The third-order valence-corrected chi connectivity index (χ3v) is 3.17. The lowest BCUT2D eigenvalue weighted by Crippen LogP contribution is -1.96. The van der Waals surface area contributed by atoms with Gasteiger partial charge < -0.3 is 4.52 Å². The molecule has 0 fully saturated rings. The van der Waals surface area contributed by atoms with Crippen LogP contribution in [0, 0.1) is 0 Å². The standard InChI is InChI=1S/C9H7ClN2O3S/c1-16(13,14)7-4-2-3-6(5-7)8-11-9(10)12-15-8/h2-5H,1H3. The largest absolute Gasteiger partial charge is 0.333 e. The minimum Gasteiger partial charge on any atom is -0.333 e. The zero-order valence-electron chi connectivity index (χ0n) is 8.21. The average molecular weight is 259 g/mol. The molecule has 2 aromatic rings. The Morgan fingerprint density at radius 2 is 2.12 bits per heavy atom. The Morgan fingerprint density at radius 3 is 2.69 bits per heavy atom. The van der Waals surface area contributed by atoms with Crippen molar-refractivity contribution in [3.63, 3.8) is 0 Å². The molecule has 5 nitrogen and oxygen atoms in total. The fourth-order valence-electron chi connectivity index (χ4n) is 1.18. The van der Waals surface area contributed by atoms with Crippen LogP contribution in [-0.2, 0) is 9.84 Å². The Kier molecular flexibility index (Phi) is 2.69. The third kappa shape index (κ3) is 2.23. The summed E-state index contributed by atoms with van der Waals surface area (Å²) < 4.78 is 27.5. The van der Waals surface area contributed by atoms with Crippen molar-refractivity contribution >= 4 is 21.4 Å². The van der Waals surface area contributed by atoms with Gasteiger partial charge in [0.2, 0.25) is 0 Å². The van der Waals surface area contributed by atoms with Gasteiger partial charge in [-0.25, -0.2) is 8.42 Å². The molecular weight excluding hydrogens is 252 g/mol. The van der Waals surface area contributed by atoms with E-state index in [0.717, 1.165) is 6.26 Å². The maximum absolute atomic E-state index is 11.3. The van der Waals surface area contributed by atoms with E-state index in [9.17, 15) is 8.42 Å². The molecule has 84 valence electrons. The first-order valence-corrected chi connectivity index (χ1v) is 6.53. The molecule has 1 aromatic heterocycles. The molecule has 0 aliphatic heterocycles. The van der Waals surface area contributed by atoms with Gasteiger partial charge in [-0.05, 0) is 35.0 Å². The number of aromatic nitrogens is 2. The highest BCUT2D eigenvalue weighted by Gasteiger charge is 2.11. The number of sulfone groups is 1. The number of hydrogen-bond donors (Lipinski definition) is 0. The maximum Gasteiger partial charge on any atom is 0.264 e. The van der Waals surface area contributed by atoms with Crippen molar-refractivity contribution in [3.05, 3.63) is 29.5 Å². The van der Waals surface area contributed by atoms with Gasteiger partial charge in [-0.3, -0.25) is 0 Å². The first kappa shape index (κ1) is 11.1. The molecule has 7 heteroatoms. The normalized spacial score (nSPS) is 11.6. The van der Waals surface area contributed by atoms with E-state index in [2.05, 4.69) is 10.1 Å². The first-order chi connectivity index (χ1) is 7.47. The van der Waals surface area contributed by atoms with Gasteiger partial charge in [0.1, 0.15) is 0 Å². The van der Waals surface area contributed by atoms with E-state index in [4.69, 9.17) is 16.1 Å². The van der Waals surface area contributed by atoms with Crippen LogP contribution in [-0.4, -0.2) is 24.8 Å². The topological polar surface area (TPSA) is 73.1 Å². The summed E-state index contributed by atoms with van der Waals surface area (Å²) in [5.41, 5.74) is 0.516. The minimum absolute atomic E-state index is 0.0141. The molecule has 0 aliphatic carbocycles. The highest BCUT2D eigenvalue weighted by atomic mass is 35.5. The second-order valence-electron chi connectivity index (χ2n) is 3.17. The van der Waals surface area contributed by atoms with Gasteiger partial charge in [0.25, 0.3) is 11.2 Å². The highest BCUT2D eigenvalue weighted by molar-refractivity contribution is 7.90. The van der Waals surface area contributed by atoms with Crippen LogP contribution in [0.2, 0.25) is 5.28 Å². The van der Waals surface area contributed by atoms with E-state index < -0.39 is 9.84 Å². The second-order valence-corrected chi connectivity index (χ2v) is 5.52. The SMILES string of the molecule is CS(=O)(=O)c1cccc(-c2nc(Cl)no2)c1. The Balaban J connectivity index is 2.52. The summed E-state index contributed by atoms with van der Waals surface area (Å²) in [5, 5.41) is 3.40. The molecule has 0 aliphatic rings. The fraction of sp³-hybridized carbons (Fsp3) is 0.111. The predicted molar refractivity (Wildman–Crippen MR) is 57.9 cm³/mol. The van der Waals surface area contributed by atoms with E-state index in [1.54, 1.807) is 12.1 Å². The molecule has 0 unspecified atom stereocenters. The molecule has 0 bridgehead atoms. The summed E-state index contributed by atoms with van der Waals surface area (Å²) in [4.78, 5) is 3.99. The van der Waals surface area contributed by atoms with Gasteiger partial charge in [-0.2, -0.15) is 4.98 Å². The van der Waals surface area contributed by atoms with Crippen LogP contribution in [0.5, 0.6) is 0 Å². The molecule has 1 heterocycles. The van der Waals surface area contributed by atoms with Crippen molar-refractivity contribution in [3.8, 4) is 11.5 Å². The third-order valence-electron chi connectivity index (χ3n) is 1.91. The van der Waals surface area contributed by atoms with Crippen LogP contribution >= 0.6 is 11.6 Å². The van der Waals surface area contributed by atoms with Crippen LogP contribution in [0.25, 0.3) is 11.5 Å². The van der Waals surface area contributed by atoms with Crippen LogP contribution < -0.4 is 0 Å². The summed E-state index contributed by atoms with van der Waals surface area (Å²) in [5.74, 6) is 0.190. The highest BCUT2D eigenvalue weighted by Crippen LogP contribution is 2.21. The molecule has 0 atom stereocenters. The zero-order chi connectivity index (χ0) is 11.8. The van der Waals surface area contributed by atoms with Crippen molar-refractivity contribution in [2.45, 2.75) is 4.90 Å². The van der Waals surface area contributed by atoms with E-state index >= 15 is 0 Å². The maximum atomic E-state index is 11.3. The number of benzene rings is 1. The average Bonchev–Trinajstić information content (AvgIpc) is 2.64. The monoisotopic (exact) mass is 258 g/mol. The minimum atomic E-state index is -3.25. The van der Waals surface area contributed by atoms with Crippen molar-refractivity contribution in [2.75, 3.05) is 6.26 Å². The summed E-state index contributed by atoms with van der Waals surface area (Å²) in [7, 11) is -3.25. The lowest BCUT2D eigenvalue weighted by molar-refractivity contribution is 0.430. The molecule has 0 radical (unpaired) electrons. The van der Waals surface area contributed by atoms with Gasteiger partial charge in [-0.15, -0.1) is 0 Å². The number of rotatable bonds is 2. The van der Waals surface area contributed by atoms with Crippen molar-refractivity contribution in [1.82, 2.24) is 10.1 Å². The summed E-state index contributed by atoms with van der Waals surface area (Å²) >= 11 is 5.51. The Morgan fingerprint density at radius 1 is 1.38 bits per heavy atom. The Hall–Kier alpha value is -1.40. The van der Waals surface area contributed by atoms with Crippen LogP contribution in [0.4, 0.5) is 0 Å². The molecule has 2 rings (SSSR count). The number of halogens is 1. The number of hydrogen-bond acceptors (Lipinski definition) is 5. The zero-order valence-corrected chi connectivity index (χ0v) is 9.79. The number of nitrogens with zero attached hydrogens (tertiary/aromatic N) is 2. The Labute approximate surface area is 97.0 Å². The van der Waals surface area contributed by atoms with Crippen LogP contribution in [0.3, 0.4) is 0 Å². The molecule has 16 heavy (non-hydrogen) atoms. The van der Waals surface area contributed by atoms with Gasteiger partial charge in [0.05, 0.1) is 4.90 Å². The summed E-state index contributed by atoms with van der Waals surface area (Å²) in [6.07, 6.45) is 1.13. The Bertz CT molecular complexity index is 621. The van der Waals surface area contributed by atoms with E-state index in [1.807, 2.05) is 0 Å². The van der Waals surface area contributed by atoms with Crippen molar-refractivity contribution in [1.29, 1.82) is 0 Å². The molecule has 0 spiro atoms. The van der Waals surface area contributed by atoms with Crippen molar-refractivity contribution < 1.29 is 12.9 Å². The molecule has 1 aromatic carbocycles. The van der Waals surface area contributed by atoms with E-state index in [-0.39, 0.29) is 16.1 Å². The summed E-state index contributed by atoms with van der Waals surface area (Å²) in [6.45, 7) is 0. The van der Waals surface area contributed by atoms with E-state index in [0.29, 0.717) is 5.56 Å². The predicted octanol–water partition coefficient (Wildman–Crippen LogP) is 1.79. The van der Waals surface area contributed by atoms with E-state index in [1.165, 1.54) is 12.1 Å². The molecule has 0 amide bonds. The van der Waals surface area contributed by atoms with Gasteiger partial charge in [0.15, 0.2) is 9.84 Å². The second kappa shape index (κ2) is 3.88. The van der Waals surface area contributed by atoms with Gasteiger partial charge in [-0.1, -0.05) is 6.07 Å². The lowest BCUT2D eigenvalue weighted by Gasteiger charge is -1.99. The van der Waals surface area contributed by atoms with Gasteiger partial charge >= 0.3 is 0 Å². The lowest BCUT2D eigenvalue weighted by atomic mass is 10.2. The molecule has 0 saturated carbocycles. The smallest absolute Gasteiger partial charge is 0.264 e. The van der Waals surface area contributed by atoms with Crippen LogP contribution in [0.15, 0.2) is 33.7 Å². The summed E-state index contributed by atoms with van der Waals surface area (Å²) in [6, 6.07) is 6.22. The molecule has 0 N–H and O–H groups in total. The fourth-order valence-corrected chi connectivity index (χ4v) is 1.96. The first-order valence-electron chi connectivity index (χ1n) is 4.26. The quantitative estimate of drug-likeness (QED) is 0.821. The van der Waals surface area contributed by atoms with Crippen LogP contribution in [0.1, 0.15) is 0 Å². The molecular formula is C9H7ClN2O3S. The van der Waals surface area contributed by atoms with Gasteiger partial charge in [0, 0.05) is 11.8 Å².